The van der Waals surface area contributed by atoms with Gasteiger partial charge in [0.05, 0.1) is 0 Å². The van der Waals surface area contributed by atoms with Crippen LogP contribution in [0.2, 0.25) is 5.02 Å². The molecule has 1 aromatic rings. The fourth-order valence-electron chi connectivity index (χ4n) is 1.95. The zero-order chi connectivity index (χ0) is 10.7. The highest BCUT2D eigenvalue weighted by atomic mass is 35.5. The Kier molecular flexibility index (Phi) is 7.97. The van der Waals surface area contributed by atoms with Gasteiger partial charge in [-0.1, -0.05) is 17.7 Å². The van der Waals surface area contributed by atoms with E-state index in [1.54, 1.807) is 0 Å². The van der Waals surface area contributed by atoms with E-state index in [0.717, 1.165) is 23.7 Å². The van der Waals surface area contributed by atoms with Gasteiger partial charge in [-0.3, -0.25) is 0 Å². The molecule has 1 heterocycles. The molecule has 0 spiro atoms. The van der Waals surface area contributed by atoms with Gasteiger partial charge in [0, 0.05) is 16.8 Å². The highest BCUT2D eigenvalue weighted by Gasteiger charge is 2.13. The van der Waals surface area contributed by atoms with Gasteiger partial charge in [-0.05, 0) is 50.6 Å². The molecule has 17 heavy (non-hydrogen) atoms. The number of hydrogen-bond acceptors (Lipinski definition) is 2. The molecule has 2 nitrogen and oxygen atoms in total. The third-order valence-electron chi connectivity index (χ3n) is 2.97. The van der Waals surface area contributed by atoms with Crippen molar-refractivity contribution in [3.8, 4) is 0 Å². The highest BCUT2D eigenvalue weighted by Crippen LogP contribution is 2.24. The summed E-state index contributed by atoms with van der Waals surface area (Å²) in [5, 5.41) is 7.77. The van der Waals surface area contributed by atoms with Crippen LogP contribution in [0.15, 0.2) is 18.2 Å². The smallest absolute Gasteiger partial charge is 0.0455 e. The van der Waals surface area contributed by atoms with Gasteiger partial charge >= 0.3 is 0 Å². The lowest BCUT2D eigenvalue weighted by Crippen LogP contribution is -2.35. The summed E-state index contributed by atoms with van der Waals surface area (Å²) in [5.74, 6) is 0. The fraction of sp³-hybridized carbons (Fsp3) is 0.500. The summed E-state index contributed by atoms with van der Waals surface area (Å²) in [6.07, 6.45) is 2.37. The molecule has 0 bridgehead atoms. The molecule has 0 saturated carbocycles. The summed E-state index contributed by atoms with van der Waals surface area (Å²) < 4.78 is 0. The average Bonchev–Trinajstić information content (AvgIpc) is 2.26. The van der Waals surface area contributed by atoms with Crippen molar-refractivity contribution in [1.29, 1.82) is 0 Å². The van der Waals surface area contributed by atoms with Crippen molar-refractivity contribution < 1.29 is 0 Å². The Labute approximate surface area is 120 Å². The third-order valence-corrected chi connectivity index (χ3v) is 3.38. The monoisotopic (exact) mass is 296 g/mol. The molecule has 1 aliphatic heterocycles. The van der Waals surface area contributed by atoms with E-state index >= 15 is 0 Å². The Morgan fingerprint density at radius 1 is 1.24 bits per heavy atom. The molecule has 1 aromatic carbocycles. The summed E-state index contributed by atoms with van der Waals surface area (Å²) in [4.78, 5) is 0. The van der Waals surface area contributed by atoms with E-state index in [2.05, 4.69) is 23.6 Å². The van der Waals surface area contributed by atoms with Crippen LogP contribution in [-0.4, -0.2) is 19.1 Å². The van der Waals surface area contributed by atoms with E-state index in [1.807, 2.05) is 12.1 Å². The Morgan fingerprint density at radius 3 is 2.53 bits per heavy atom. The molecule has 0 amide bonds. The lowest BCUT2D eigenvalue weighted by Gasteiger charge is -2.25. The van der Waals surface area contributed by atoms with Gasteiger partial charge in [-0.25, -0.2) is 0 Å². The fourth-order valence-corrected chi connectivity index (χ4v) is 2.12. The minimum absolute atomic E-state index is 0. The van der Waals surface area contributed by atoms with Crippen LogP contribution in [-0.2, 0) is 0 Å². The van der Waals surface area contributed by atoms with E-state index < -0.39 is 0 Å². The normalized spacial score (nSPS) is 15.6. The van der Waals surface area contributed by atoms with Crippen molar-refractivity contribution >= 4 is 42.1 Å². The van der Waals surface area contributed by atoms with Gasteiger partial charge in [0.2, 0.25) is 0 Å². The third kappa shape index (κ3) is 4.55. The topological polar surface area (TPSA) is 24.1 Å². The lowest BCUT2D eigenvalue weighted by atomic mass is 10.1. The molecule has 98 valence electrons. The average molecular weight is 298 g/mol. The minimum Gasteiger partial charge on any atom is -0.382 e. The zero-order valence-electron chi connectivity index (χ0n) is 9.83. The molecule has 0 aromatic heterocycles. The number of benzene rings is 1. The SMILES string of the molecule is Cc1c(Cl)cccc1NC1CCNCC1.Cl.Cl. The Morgan fingerprint density at radius 2 is 1.88 bits per heavy atom. The molecule has 2 rings (SSSR count). The van der Waals surface area contributed by atoms with Crippen LogP contribution in [0.1, 0.15) is 18.4 Å². The van der Waals surface area contributed by atoms with Crippen LogP contribution in [0.3, 0.4) is 0 Å². The summed E-state index contributed by atoms with van der Waals surface area (Å²) in [6.45, 7) is 4.28. The first-order valence-corrected chi connectivity index (χ1v) is 5.87. The molecule has 1 fully saturated rings. The molecule has 0 aliphatic carbocycles. The van der Waals surface area contributed by atoms with Crippen LogP contribution in [0, 0.1) is 6.92 Å². The number of piperidine rings is 1. The summed E-state index contributed by atoms with van der Waals surface area (Å²) in [7, 11) is 0. The van der Waals surface area contributed by atoms with Crippen molar-refractivity contribution in [2.45, 2.75) is 25.8 Å². The Bertz CT molecular complexity index is 339. The summed E-state index contributed by atoms with van der Waals surface area (Å²) in [6, 6.07) is 6.62. The van der Waals surface area contributed by atoms with E-state index in [0.29, 0.717) is 6.04 Å². The molecular weight excluding hydrogens is 279 g/mol. The predicted octanol–water partition coefficient (Wildman–Crippen LogP) is 3.66. The maximum Gasteiger partial charge on any atom is 0.0455 e. The van der Waals surface area contributed by atoms with Crippen LogP contribution in [0.4, 0.5) is 5.69 Å². The zero-order valence-corrected chi connectivity index (χ0v) is 12.2. The van der Waals surface area contributed by atoms with Gasteiger partial charge in [0.25, 0.3) is 0 Å². The first-order valence-electron chi connectivity index (χ1n) is 5.50. The summed E-state index contributed by atoms with van der Waals surface area (Å²) >= 11 is 6.08. The standard InChI is InChI=1S/C12H17ClN2.2ClH/c1-9-11(13)3-2-4-12(9)15-10-5-7-14-8-6-10;;/h2-4,10,14-15H,5-8H2,1H3;2*1H. The van der Waals surface area contributed by atoms with Crippen molar-refractivity contribution in [1.82, 2.24) is 5.32 Å². The second-order valence-corrected chi connectivity index (χ2v) is 4.49. The van der Waals surface area contributed by atoms with E-state index in [-0.39, 0.29) is 24.8 Å². The minimum atomic E-state index is 0. The van der Waals surface area contributed by atoms with Crippen molar-refractivity contribution in [2.24, 2.45) is 0 Å². The Hall–Kier alpha value is -0.150. The summed E-state index contributed by atoms with van der Waals surface area (Å²) in [5.41, 5.74) is 2.33. The van der Waals surface area contributed by atoms with Crippen molar-refractivity contribution in [2.75, 3.05) is 18.4 Å². The number of anilines is 1. The second kappa shape index (κ2) is 8.04. The molecule has 0 radical (unpaired) electrons. The lowest BCUT2D eigenvalue weighted by molar-refractivity contribution is 0.479. The predicted molar refractivity (Wildman–Crippen MR) is 80.2 cm³/mol. The van der Waals surface area contributed by atoms with Crippen LogP contribution < -0.4 is 10.6 Å². The quantitative estimate of drug-likeness (QED) is 0.870. The van der Waals surface area contributed by atoms with Gasteiger partial charge < -0.3 is 10.6 Å². The second-order valence-electron chi connectivity index (χ2n) is 4.08. The molecule has 1 aliphatic rings. The van der Waals surface area contributed by atoms with E-state index in [9.17, 15) is 0 Å². The van der Waals surface area contributed by atoms with Gasteiger partial charge in [-0.2, -0.15) is 0 Å². The van der Waals surface area contributed by atoms with E-state index in [4.69, 9.17) is 11.6 Å². The largest absolute Gasteiger partial charge is 0.382 e. The first kappa shape index (κ1) is 16.9. The number of halogens is 3. The maximum absolute atomic E-state index is 6.08. The van der Waals surface area contributed by atoms with Gasteiger partial charge in [0.1, 0.15) is 0 Å². The number of rotatable bonds is 2. The van der Waals surface area contributed by atoms with Gasteiger partial charge in [0.15, 0.2) is 0 Å². The van der Waals surface area contributed by atoms with Crippen LogP contribution in [0.5, 0.6) is 0 Å². The van der Waals surface area contributed by atoms with Crippen molar-refractivity contribution in [3.63, 3.8) is 0 Å². The van der Waals surface area contributed by atoms with Crippen LogP contribution in [0.25, 0.3) is 0 Å². The number of nitrogens with one attached hydrogen (secondary N) is 2. The first-order chi connectivity index (χ1) is 7.27. The highest BCUT2D eigenvalue weighted by molar-refractivity contribution is 6.31. The van der Waals surface area contributed by atoms with Gasteiger partial charge in [-0.15, -0.1) is 24.8 Å². The molecule has 0 atom stereocenters. The van der Waals surface area contributed by atoms with Crippen LogP contribution >= 0.6 is 36.4 Å². The molecule has 5 heteroatoms. The maximum atomic E-state index is 6.08. The molecule has 1 saturated heterocycles. The molecule has 0 unspecified atom stereocenters. The van der Waals surface area contributed by atoms with E-state index in [1.165, 1.54) is 18.5 Å². The Balaban J connectivity index is 0.00000128. The van der Waals surface area contributed by atoms with Crippen molar-refractivity contribution in [3.05, 3.63) is 28.8 Å². The molecule has 2 N–H and O–H groups in total. The molecular formula is C12H19Cl3N2. The number of hydrogen-bond donors (Lipinski definition) is 2.